The van der Waals surface area contributed by atoms with Crippen LogP contribution in [0.1, 0.15) is 22.3 Å². The topological polar surface area (TPSA) is 22.8 Å². The van der Waals surface area contributed by atoms with Gasteiger partial charge in [0.2, 0.25) is 5.95 Å². The molecule has 5 aromatic carbocycles. The minimum Gasteiger partial charge on any atom is -0.313 e. The maximum absolute atomic E-state index is 5.10. The highest BCUT2D eigenvalue weighted by Crippen LogP contribution is 2.39. The first kappa shape index (κ1) is 23.5. The second-order valence-corrected chi connectivity index (χ2v) is 10.8. The summed E-state index contributed by atoms with van der Waals surface area (Å²) in [6.07, 6.45) is 0. The summed E-state index contributed by atoms with van der Waals surface area (Å²) in [6, 6.07) is 35.3. The molecule has 39 heavy (non-hydrogen) atoms. The van der Waals surface area contributed by atoms with Gasteiger partial charge in [-0.1, -0.05) is 60.7 Å². The van der Waals surface area contributed by atoms with Crippen LogP contribution in [0.5, 0.6) is 0 Å². The van der Waals surface area contributed by atoms with Gasteiger partial charge in [0, 0.05) is 17.8 Å². The third kappa shape index (κ3) is 3.54. The SMILES string of the molecule is Cc1cccc(C)c1-c1ccc2c(c1)c1cc(-c3c(C)cccc3C)ccc1n2-c1nc2ccccc2n1C. The molecule has 7 rings (SSSR count). The van der Waals surface area contributed by atoms with E-state index in [-0.39, 0.29) is 0 Å². The molecular formula is C36H31N3. The van der Waals surface area contributed by atoms with Crippen LogP contribution in [-0.2, 0) is 7.05 Å². The normalized spacial score (nSPS) is 11.7. The van der Waals surface area contributed by atoms with E-state index in [1.54, 1.807) is 0 Å². The molecule has 0 spiro atoms. The van der Waals surface area contributed by atoms with Crippen molar-refractivity contribution < 1.29 is 0 Å². The molecule has 2 aromatic heterocycles. The Kier molecular flexibility index (Phi) is 5.24. The van der Waals surface area contributed by atoms with E-state index in [1.807, 2.05) is 0 Å². The number of nitrogens with zero attached hydrogens (tertiary/aromatic N) is 3. The molecule has 0 aliphatic heterocycles. The highest BCUT2D eigenvalue weighted by molar-refractivity contribution is 6.11. The zero-order valence-electron chi connectivity index (χ0n) is 23.1. The van der Waals surface area contributed by atoms with Crippen molar-refractivity contribution >= 4 is 32.8 Å². The lowest BCUT2D eigenvalue weighted by atomic mass is 9.93. The van der Waals surface area contributed by atoms with Crippen LogP contribution in [0.4, 0.5) is 0 Å². The van der Waals surface area contributed by atoms with Gasteiger partial charge in [0.1, 0.15) is 0 Å². The van der Waals surface area contributed by atoms with Gasteiger partial charge in [-0.3, -0.25) is 4.57 Å². The maximum Gasteiger partial charge on any atom is 0.215 e. The number of aromatic nitrogens is 3. The summed E-state index contributed by atoms with van der Waals surface area (Å²) in [6.45, 7) is 8.81. The van der Waals surface area contributed by atoms with E-state index < -0.39 is 0 Å². The van der Waals surface area contributed by atoms with Gasteiger partial charge >= 0.3 is 0 Å². The van der Waals surface area contributed by atoms with Crippen molar-refractivity contribution in [3.63, 3.8) is 0 Å². The van der Waals surface area contributed by atoms with Gasteiger partial charge in [-0.25, -0.2) is 4.98 Å². The Morgan fingerprint density at radius 2 is 1.00 bits per heavy atom. The number of hydrogen-bond acceptors (Lipinski definition) is 1. The fourth-order valence-electron chi connectivity index (χ4n) is 6.42. The van der Waals surface area contributed by atoms with Crippen molar-refractivity contribution in [2.24, 2.45) is 7.05 Å². The molecule has 0 saturated heterocycles. The number of benzene rings is 5. The lowest BCUT2D eigenvalue weighted by molar-refractivity contribution is 0.870. The summed E-state index contributed by atoms with van der Waals surface area (Å²) in [5.74, 6) is 0.927. The Bertz CT molecular complexity index is 1920. The van der Waals surface area contributed by atoms with E-state index in [2.05, 4.69) is 141 Å². The molecule has 0 saturated carbocycles. The lowest BCUT2D eigenvalue weighted by Gasteiger charge is -2.11. The van der Waals surface area contributed by atoms with Gasteiger partial charge in [0.25, 0.3) is 0 Å². The van der Waals surface area contributed by atoms with Crippen molar-refractivity contribution in [2.45, 2.75) is 27.7 Å². The number of para-hydroxylation sites is 2. The molecule has 0 radical (unpaired) electrons. The quantitative estimate of drug-likeness (QED) is 0.235. The molecular weight excluding hydrogens is 474 g/mol. The van der Waals surface area contributed by atoms with Gasteiger partial charge < -0.3 is 4.57 Å². The average Bonchev–Trinajstić information content (AvgIpc) is 3.42. The smallest absolute Gasteiger partial charge is 0.215 e. The number of rotatable bonds is 3. The van der Waals surface area contributed by atoms with Crippen LogP contribution in [0.25, 0.3) is 61.0 Å². The second-order valence-electron chi connectivity index (χ2n) is 10.8. The molecule has 0 unspecified atom stereocenters. The molecule has 0 atom stereocenters. The number of imidazole rings is 1. The van der Waals surface area contributed by atoms with Crippen molar-refractivity contribution in [2.75, 3.05) is 0 Å². The monoisotopic (exact) mass is 505 g/mol. The van der Waals surface area contributed by atoms with E-state index >= 15 is 0 Å². The average molecular weight is 506 g/mol. The van der Waals surface area contributed by atoms with Gasteiger partial charge in [0.05, 0.1) is 22.1 Å². The van der Waals surface area contributed by atoms with Gasteiger partial charge in [0.15, 0.2) is 0 Å². The molecule has 0 amide bonds. The van der Waals surface area contributed by atoms with E-state index in [9.17, 15) is 0 Å². The summed E-state index contributed by atoms with van der Waals surface area (Å²) in [5.41, 5.74) is 14.8. The van der Waals surface area contributed by atoms with Crippen LogP contribution < -0.4 is 0 Å². The Morgan fingerprint density at radius 3 is 1.49 bits per heavy atom. The molecule has 2 heterocycles. The molecule has 190 valence electrons. The lowest BCUT2D eigenvalue weighted by Crippen LogP contribution is -2.03. The third-order valence-electron chi connectivity index (χ3n) is 8.27. The van der Waals surface area contributed by atoms with Crippen LogP contribution >= 0.6 is 0 Å². The van der Waals surface area contributed by atoms with Crippen molar-refractivity contribution in [3.05, 3.63) is 119 Å². The molecule has 0 aliphatic rings. The van der Waals surface area contributed by atoms with Crippen LogP contribution in [0.3, 0.4) is 0 Å². The van der Waals surface area contributed by atoms with Crippen LogP contribution in [-0.4, -0.2) is 14.1 Å². The summed E-state index contributed by atoms with van der Waals surface area (Å²) >= 11 is 0. The van der Waals surface area contributed by atoms with Crippen LogP contribution in [0.15, 0.2) is 97.1 Å². The number of aryl methyl sites for hydroxylation is 5. The van der Waals surface area contributed by atoms with Gasteiger partial charge in [-0.05, 0) is 109 Å². The molecule has 3 nitrogen and oxygen atoms in total. The highest BCUT2D eigenvalue weighted by atomic mass is 15.2. The van der Waals surface area contributed by atoms with Crippen LogP contribution in [0.2, 0.25) is 0 Å². The Hall–Kier alpha value is -4.63. The molecule has 0 N–H and O–H groups in total. The first-order valence-corrected chi connectivity index (χ1v) is 13.6. The van der Waals surface area contributed by atoms with E-state index in [0.29, 0.717) is 0 Å². The summed E-state index contributed by atoms with van der Waals surface area (Å²) < 4.78 is 4.53. The molecule has 0 aliphatic carbocycles. The first-order valence-electron chi connectivity index (χ1n) is 13.6. The van der Waals surface area contributed by atoms with E-state index in [1.165, 1.54) is 55.3 Å². The standard InChI is InChI=1S/C36H31N3/c1-22-10-8-11-23(2)34(22)26-16-18-31-28(20-26)29-21-27(35-24(3)12-9-13-25(35)4)17-19-32(29)39(31)36-37-30-14-6-7-15-33(30)38(36)5/h6-21H,1-5H3. The van der Waals surface area contributed by atoms with E-state index in [4.69, 9.17) is 4.98 Å². The largest absolute Gasteiger partial charge is 0.313 e. The molecule has 7 aromatic rings. The molecule has 0 fully saturated rings. The van der Waals surface area contributed by atoms with Crippen molar-refractivity contribution in [3.8, 4) is 28.2 Å². The zero-order chi connectivity index (χ0) is 26.8. The summed E-state index contributed by atoms with van der Waals surface area (Å²) in [5, 5.41) is 2.48. The predicted octanol–water partition coefficient (Wildman–Crippen LogP) is 9.24. The van der Waals surface area contributed by atoms with E-state index in [0.717, 1.165) is 28.0 Å². The minimum atomic E-state index is 0.927. The highest BCUT2D eigenvalue weighted by Gasteiger charge is 2.19. The van der Waals surface area contributed by atoms with Crippen molar-refractivity contribution in [1.29, 1.82) is 0 Å². The molecule has 0 bridgehead atoms. The summed E-state index contributed by atoms with van der Waals surface area (Å²) in [4.78, 5) is 5.10. The molecule has 3 heteroatoms. The number of hydrogen-bond donors (Lipinski definition) is 0. The zero-order valence-corrected chi connectivity index (χ0v) is 23.1. The Morgan fingerprint density at radius 1 is 0.513 bits per heavy atom. The first-order chi connectivity index (χ1) is 18.9. The van der Waals surface area contributed by atoms with Crippen molar-refractivity contribution in [1.82, 2.24) is 14.1 Å². The van der Waals surface area contributed by atoms with Gasteiger partial charge in [-0.15, -0.1) is 0 Å². The predicted molar refractivity (Wildman–Crippen MR) is 165 cm³/mol. The van der Waals surface area contributed by atoms with Gasteiger partial charge in [-0.2, -0.15) is 0 Å². The fraction of sp³-hybridized carbons (Fsp3) is 0.139. The number of fused-ring (bicyclic) bond motifs is 4. The second kappa shape index (κ2) is 8.71. The summed E-state index contributed by atoms with van der Waals surface area (Å²) in [7, 11) is 2.11. The minimum absolute atomic E-state index is 0.927. The fourth-order valence-corrected chi connectivity index (χ4v) is 6.42. The van der Waals surface area contributed by atoms with Crippen LogP contribution in [0, 0.1) is 27.7 Å². The maximum atomic E-state index is 5.10. The Labute approximate surface area is 229 Å². The Balaban J connectivity index is 1.58. The third-order valence-corrected chi connectivity index (χ3v) is 8.27.